The molecule has 0 saturated carbocycles. The molecule has 0 spiro atoms. The number of nitrogen functional groups attached to an aromatic ring is 1. The standard InChI is InChI=1S/C13H8F2N2OS/c14-7-3-8(15)5-10(4-7)18-13-17-11-2-1-9(16)6-12(11)19-13/h1-6H,16H2. The summed E-state index contributed by atoms with van der Waals surface area (Å²) < 4.78 is 32.3. The van der Waals surface area contributed by atoms with Crippen LogP contribution in [0.5, 0.6) is 10.9 Å². The largest absolute Gasteiger partial charge is 0.431 e. The molecule has 0 bridgehead atoms. The lowest BCUT2D eigenvalue weighted by Crippen LogP contribution is -1.86. The van der Waals surface area contributed by atoms with E-state index in [0.29, 0.717) is 10.9 Å². The van der Waals surface area contributed by atoms with Crippen LogP contribution in [0.3, 0.4) is 0 Å². The average Bonchev–Trinajstić information content (AvgIpc) is 2.68. The van der Waals surface area contributed by atoms with Crippen LogP contribution in [0.2, 0.25) is 0 Å². The first kappa shape index (κ1) is 11.9. The van der Waals surface area contributed by atoms with Gasteiger partial charge < -0.3 is 10.5 Å². The summed E-state index contributed by atoms with van der Waals surface area (Å²) in [6.07, 6.45) is 0. The summed E-state index contributed by atoms with van der Waals surface area (Å²) in [5, 5.41) is 0.311. The predicted molar refractivity (Wildman–Crippen MR) is 70.5 cm³/mol. The minimum atomic E-state index is -0.694. The van der Waals surface area contributed by atoms with E-state index in [4.69, 9.17) is 10.5 Å². The normalized spacial score (nSPS) is 10.8. The molecule has 3 rings (SSSR count). The van der Waals surface area contributed by atoms with Crippen LogP contribution < -0.4 is 10.5 Å². The quantitative estimate of drug-likeness (QED) is 0.722. The van der Waals surface area contributed by atoms with Gasteiger partial charge in [-0.15, -0.1) is 0 Å². The van der Waals surface area contributed by atoms with E-state index >= 15 is 0 Å². The second-order valence-electron chi connectivity index (χ2n) is 3.91. The SMILES string of the molecule is Nc1ccc2nc(Oc3cc(F)cc(F)c3)sc2c1. The monoisotopic (exact) mass is 278 g/mol. The Bertz CT molecular complexity index is 737. The maximum atomic E-state index is 13.0. The van der Waals surface area contributed by atoms with E-state index in [9.17, 15) is 8.78 Å². The van der Waals surface area contributed by atoms with Crippen molar-refractivity contribution < 1.29 is 13.5 Å². The number of nitrogens with zero attached hydrogens (tertiary/aromatic N) is 1. The molecule has 1 heterocycles. The van der Waals surface area contributed by atoms with Crippen LogP contribution in [0, 0.1) is 11.6 Å². The van der Waals surface area contributed by atoms with Gasteiger partial charge in [0.2, 0.25) is 0 Å². The second kappa shape index (κ2) is 4.47. The summed E-state index contributed by atoms with van der Waals surface area (Å²) in [4.78, 5) is 4.20. The van der Waals surface area contributed by atoms with Crippen LogP contribution in [-0.2, 0) is 0 Å². The number of aromatic nitrogens is 1. The Labute approximate surface area is 111 Å². The molecule has 3 aromatic rings. The topological polar surface area (TPSA) is 48.1 Å². The molecule has 0 aliphatic rings. The highest BCUT2D eigenvalue weighted by Gasteiger charge is 2.08. The molecule has 0 radical (unpaired) electrons. The lowest BCUT2D eigenvalue weighted by molar-refractivity contribution is 0.466. The van der Waals surface area contributed by atoms with Crippen LogP contribution >= 0.6 is 11.3 Å². The fourth-order valence-electron chi connectivity index (χ4n) is 1.65. The van der Waals surface area contributed by atoms with E-state index in [0.717, 1.165) is 28.4 Å². The van der Waals surface area contributed by atoms with E-state index in [2.05, 4.69) is 4.98 Å². The molecule has 0 amide bonds. The van der Waals surface area contributed by atoms with Gasteiger partial charge in [0, 0.05) is 23.9 Å². The van der Waals surface area contributed by atoms with E-state index < -0.39 is 11.6 Å². The predicted octanol–water partition coefficient (Wildman–Crippen LogP) is 3.95. The van der Waals surface area contributed by atoms with Crippen LogP contribution in [0.1, 0.15) is 0 Å². The molecule has 0 aliphatic carbocycles. The first-order valence-electron chi connectivity index (χ1n) is 5.40. The zero-order valence-corrected chi connectivity index (χ0v) is 10.4. The average molecular weight is 278 g/mol. The Morgan fingerprint density at radius 2 is 1.79 bits per heavy atom. The summed E-state index contributed by atoms with van der Waals surface area (Å²) in [7, 11) is 0. The molecule has 96 valence electrons. The van der Waals surface area contributed by atoms with Gasteiger partial charge in [0.05, 0.1) is 10.2 Å². The molecular weight excluding hydrogens is 270 g/mol. The van der Waals surface area contributed by atoms with Crippen molar-refractivity contribution in [2.45, 2.75) is 0 Å². The van der Waals surface area contributed by atoms with Crippen molar-refractivity contribution in [3.05, 3.63) is 48.0 Å². The van der Waals surface area contributed by atoms with Crippen molar-refractivity contribution in [1.29, 1.82) is 0 Å². The number of benzene rings is 2. The molecule has 19 heavy (non-hydrogen) atoms. The Hall–Kier alpha value is -2.21. The molecule has 0 saturated heterocycles. The minimum Gasteiger partial charge on any atom is -0.431 e. The van der Waals surface area contributed by atoms with Gasteiger partial charge in [0.25, 0.3) is 5.19 Å². The van der Waals surface area contributed by atoms with Crippen molar-refractivity contribution in [3.8, 4) is 10.9 Å². The van der Waals surface area contributed by atoms with Crippen molar-refractivity contribution >= 4 is 27.2 Å². The zero-order chi connectivity index (χ0) is 13.4. The number of hydrogen-bond acceptors (Lipinski definition) is 4. The van der Waals surface area contributed by atoms with Crippen molar-refractivity contribution in [3.63, 3.8) is 0 Å². The van der Waals surface area contributed by atoms with E-state index in [1.807, 2.05) is 0 Å². The molecule has 1 aromatic heterocycles. The van der Waals surface area contributed by atoms with E-state index in [1.165, 1.54) is 11.3 Å². The Morgan fingerprint density at radius 3 is 2.53 bits per heavy atom. The third-order valence-corrected chi connectivity index (χ3v) is 3.33. The molecule has 0 unspecified atom stereocenters. The fourth-order valence-corrected chi connectivity index (χ4v) is 2.54. The third-order valence-electron chi connectivity index (χ3n) is 2.43. The van der Waals surface area contributed by atoms with Crippen LogP contribution in [-0.4, -0.2) is 4.98 Å². The van der Waals surface area contributed by atoms with E-state index in [1.54, 1.807) is 18.2 Å². The zero-order valence-electron chi connectivity index (χ0n) is 9.56. The summed E-state index contributed by atoms with van der Waals surface area (Å²) in [6, 6.07) is 8.25. The smallest absolute Gasteiger partial charge is 0.279 e. The maximum Gasteiger partial charge on any atom is 0.279 e. The highest BCUT2D eigenvalue weighted by atomic mass is 32.1. The Balaban J connectivity index is 1.96. The summed E-state index contributed by atoms with van der Waals surface area (Å²) in [6.45, 7) is 0. The summed E-state index contributed by atoms with van der Waals surface area (Å²) in [5.74, 6) is -1.31. The number of fused-ring (bicyclic) bond motifs is 1. The Morgan fingerprint density at radius 1 is 1.05 bits per heavy atom. The molecule has 0 aliphatic heterocycles. The number of nitrogens with two attached hydrogens (primary N) is 1. The number of hydrogen-bond donors (Lipinski definition) is 1. The third kappa shape index (κ3) is 2.48. The van der Waals surface area contributed by atoms with Gasteiger partial charge in [-0.1, -0.05) is 11.3 Å². The molecule has 6 heteroatoms. The molecule has 0 atom stereocenters. The van der Waals surface area contributed by atoms with Gasteiger partial charge in [-0.2, -0.15) is 0 Å². The first-order chi connectivity index (χ1) is 9.10. The van der Waals surface area contributed by atoms with Gasteiger partial charge in [-0.3, -0.25) is 0 Å². The molecule has 2 aromatic carbocycles. The molecule has 2 N–H and O–H groups in total. The first-order valence-corrected chi connectivity index (χ1v) is 6.22. The number of halogens is 2. The Kier molecular flexibility index (Phi) is 2.79. The fraction of sp³-hybridized carbons (Fsp3) is 0. The number of thiazole rings is 1. The van der Waals surface area contributed by atoms with Gasteiger partial charge in [-0.25, -0.2) is 13.8 Å². The molecule has 0 fully saturated rings. The number of ether oxygens (including phenoxy) is 1. The summed E-state index contributed by atoms with van der Waals surface area (Å²) >= 11 is 1.26. The van der Waals surface area contributed by atoms with Crippen LogP contribution in [0.4, 0.5) is 14.5 Å². The summed E-state index contributed by atoms with van der Waals surface area (Å²) in [5.41, 5.74) is 7.02. The van der Waals surface area contributed by atoms with Crippen molar-refractivity contribution in [2.24, 2.45) is 0 Å². The molecule has 3 nitrogen and oxygen atoms in total. The van der Waals surface area contributed by atoms with Crippen molar-refractivity contribution in [1.82, 2.24) is 4.98 Å². The molecular formula is C13H8F2N2OS. The van der Waals surface area contributed by atoms with Gasteiger partial charge in [0.15, 0.2) is 0 Å². The van der Waals surface area contributed by atoms with Gasteiger partial charge in [0.1, 0.15) is 17.4 Å². The van der Waals surface area contributed by atoms with Crippen LogP contribution in [0.15, 0.2) is 36.4 Å². The number of rotatable bonds is 2. The van der Waals surface area contributed by atoms with Crippen molar-refractivity contribution in [2.75, 3.05) is 5.73 Å². The highest BCUT2D eigenvalue weighted by Crippen LogP contribution is 2.32. The second-order valence-corrected chi connectivity index (χ2v) is 4.91. The van der Waals surface area contributed by atoms with E-state index in [-0.39, 0.29) is 5.75 Å². The van der Waals surface area contributed by atoms with Crippen LogP contribution in [0.25, 0.3) is 10.2 Å². The lowest BCUT2D eigenvalue weighted by atomic mass is 10.3. The van der Waals surface area contributed by atoms with Gasteiger partial charge in [-0.05, 0) is 18.2 Å². The highest BCUT2D eigenvalue weighted by molar-refractivity contribution is 7.20. The minimum absolute atomic E-state index is 0.0736. The number of anilines is 1. The lowest BCUT2D eigenvalue weighted by Gasteiger charge is -2.01. The maximum absolute atomic E-state index is 13.0. The van der Waals surface area contributed by atoms with Gasteiger partial charge >= 0.3 is 0 Å².